The molecule has 0 unspecified atom stereocenters. The third kappa shape index (κ3) is 19.8. The molecule has 7 nitrogen and oxygen atoms in total. The Kier molecular flexibility index (Phi) is 33.4. The Hall–Kier alpha value is -2.50. The number of carbonyl (C=O) groups excluding carboxylic acids is 2. The molecule has 0 amide bonds. The summed E-state index contributed by atoms with van der Waals surface area (Å²) in [5, 5.41) is 2.66. The van der Waals surface area contributed by atoms with Crippen LogP contribution in [0.3, 0.4) is 0 Å². The van der Waals surface area contributed by atoms with Gasteiger partial charge in [-0.05, 0) is 47.5 Å². The zero-order valence-corrected chi connectivity index (χ0v) is 30.4. The Morgan fingerprint density at radius 1 is 0.809 bits per heavy atom. The molecule has 0 aliphatic rings. The normalized spacial score (nSPS) is 10.9. The molecule has 0 spiro atoms. The Labute approximate surface area is 295 Å². The second kappa shape index (κ2) is 32.1. The first kappa shape index (κ1) is 48.9. The van der Waals surface area contributed by atoms with Crippen LogP contribution in [0.15, 0.2) is 60.7 Å². The van der Waals surface area contributed by atoms with Crippen LogP contribution in [0, 0.1) is 39.2 Å². The van der Waals surface area contributed by atoms with Crippen LogP contribution in [0.4, 0.5) is 0 Å². The van der Waals surface area contributed by atoms with Gasteiger partial charge in [0.05, 0.1) is 6.10 Å². The van der Waals surface area contributed by atoms with Gasteiger partial charge in [-0.1, -0.05) is 133 Å². The molecular formula is C38H50FeO7Si+. The van der Waals surface area contributed by atoms with Gasteiger partial charge in [-0.25, -0.2) is 0 Å². The molecule has 255 valence electrons. The van der Waals surface area contributed by atoms with E-state index in [0.717, 1.165) is 70.8 Å². The Morgan fingerprint density at radius 2 is 1.30 bits per heavy atom. The molecule has 47 heavy (non-hydrogen) atoms. The van der Waals surface area contributed by atoms with E-state index in [0.29, 0.717) is 6.42 Å². The summed E-state index contributed by atoms with van der Waals surface area (Å²) in [6.45, 7) is 24.9. The average Bonchev–Trinajstić information content (AvgIpc) is 3.09. The third-order valence-electron chi connectivity index (χ3n) is 7.45. The largest absolute Gasteiger partial charge is 2.00 e. The minimum absolute atomic E-state index is 0. The molecular weight excluding hydrogens is 652 g/mol. The molecule has 0 bridgehead atoms. The fraction of sp³-hybridized carbons (Fsp3) is 0.474. The molecule has 2 aromatic rings. The summed E-state index contributed by atoms with van der Waals surface area (Å²) < 4.78 is 34.4. The summed E-state index contributed by atoms with van der Waals surface area (Å²) in [4.78, 5) is 22.8. The van der Waals surface area contributed by atoms with Crippen molar-refractivity contribution < 1.29 is 49.8 Å². The van der Waals surface area contributed by atoms with Crippen LogP contribution >= 0.6 is 0 Å². The van der Waals surface area contributed by atoms with Gasteiger partial charge in [-0.3, -0.25) is 4.79 Å². The van der Waals surface area contributed by atoms with Crippen molar-refractivity contribution in [1.82, 2.24) is 0 Å². The van der Waals surface area contributed by atoms with E-state index in [1.54, 1.807) is 19.3 Å². The van der Waals surface area contributed by atoms with Crippen LogP contribution in [-0.2, 0) is 49.8 Å². The van der Waals surface area contributed by atoms with Gasteiger partial charge >= 0.3 is 51.0 Å². The smallest absolute Gasteiger partial charge is 2.00 e. The summed E-state index contributed by atoms with van der Waals surface area (Å²) in [7, 11) is -2.45. The zero-order chi connectivity index (χ0) is 35.1. The van der Waals surface area contributed by atoms with Gasteiger partial charge in [0.15, 0.2) is 0 Å². The molecule has 0 fully saturated rings. The van der Waals surface area contributed by atoms with E-state index in [1.165, 1.54) is 16.8 Å². The fourth-order valence-corrected chi connectivity index (χ4v) is 9.92. The number of hydrogen-bond donors (Lipinski definition) is 0. The number of Topliss-reactive ketones (excluding diaryl/α,β-unsaturated/α-hetero) is 1. The van der Waals surface area contributed by atoms with Gasteiger partial charge in [0, 0.05) is 25.9 Å². The first-order valence-corrected chi connectivity index (χ1v) is 17.7. The molecule has 2 aromatic carbocycles. The van der Waals surface area contributed by atoms with Crippen molar-refractivity contribution in [2.24, 2.45) is 0 Å². The van der Waals surface area contributed by atoms with Crippen molar-refractivity contribution in [3.8, 4) is 0 Å². The predicted octanol–water partition coefficient (Wildman–Crippen LogP) is 7.39. The van der Waals surface area contributed by atoms with Gasteiger partial charge in [0.2, 0.25) is 0 Å². The molecule has 0 N–H and O–H groups in total. The van der Waals surface area contributed by atoms with Gasteiger partial charge in [-0.15, -0.1) is 0 Å². The van der Waals surface area contributed by atoms with Crippen LogP contribution in [-0.4, -0.2) is 33.3 Å². The Bertz CT molecular complexity index is 1030. The summed E-state index contributed by atoms with van der Waals surface area (Å²) in [6.07, 6.45) is 15.8. The zero-order valence-electron chi connectivity index (χ0n) is 28.3. The van der Waals surface area contributed by atoms with E-state index >= 15 is 0 Å². The van der Waals surface area contributed by atoms with Crippen molar-refractivity contribution in [2.75, 3.05) is 6.61 Å². The Balaban J connectivity index is -0.00000261. The fourth-order valence-electron chi connectivity index (χ4n) is 5.32. The molecule has 1 atom stereocenters. The maximum atomic E-state index is 12.2. The molecule has 0 heterocycles. The van der Waals surface area contributed by atoms with Crippen molar-refractivity contribution in [2.45, 2.75) is 109 Å². The molecule has 0 aliphatic heterocycles. The van der Waals surface area contributed by atoms with Gasteiger partial charge < -0.3 is 14.0 Å². The molecule has 2 rings (SSSR count). The monoisotopic (exact) mass is 702 g/mol. The van der Waals surface area contributed by atoms with E-state index < -0.39 is 8.32 Å². The summed E-state index contributed by atoms with van der Waals surface area (Å²) >= 11 is 0. The summed E-state index contributed by atoms with van der Waals surface area (Å²) in [6, 6.07) is 21.6. The van der Waals surface area contributed by atoms with Crippen LogP contribution in [0.5, 0.6) is 0 Å². The van der Waals surface area contributed by atoms with Crippen molar-refractivity contribution in [3.05, 3.63) is 99.9 Å². The van der Waals surface area contributed by atoms with Gasteiger partial charge in [-0.2, -0.15) is 0 Å². The second-order valence-electron chi connectivity index (χ2n) is 11.6. The molecule has 3 radical (unpaired) electrons. The third-order valence-corrected chi connectivity index (χ3v) is 12.5. The van der Waals surface area contributed by atoms with Crippen molar-refractivity contribution in [1.29, 1.82) is 0 Å². The molecule has 0 aromatic heterocycles. The first-order valence-electron chi connectivity index (χ1n) is 15.8. The standard InChI is InChI=1S/C35H50O4Si.3CO.Fe/c1-5-6-13-23-32(38-30-36)24-20-22-31(37)21-14-9-7-8-10-19-29-39-40(35(2,3)4,33-25-15-11-16-26-33)34-27-17-12-18-28-34;3*1-2;/h11-12,15-18,20,22,24-28,32H,5-10,13-14,19,21,23,29H2,1-4H3;;;;/q-1;;;;+2/t32-;;;;/m1..../s1. The quantitative estimate of drug-likeness (QED) is 0.0551. The topological polar surface area (TPSA) is 112 Å². The maximum Gasteiger partial charge on any atom is 2.00 e. The van der Waals surface area contributed by atoms with E-state index in [1.807, 2.05) is 0 Å². The van der Waals surface area contributed by atoms with Crippen LogP contribution in [0.25, 0.3) is 0 Å². The number of rotatable bonds is 22. The summed E-state index contributed by atoms with van der Waals surface area (Å²) in [5.74, 6) is 0.123. The number of ether oxygens (including phenoxy) is 1. The number of ketones is 1. The van der Waals surface area contributed by atoms with Crippen LogP contribution < -0.4 is 10.4 Å². The maximum absolute atomic E-state index is 12.2. The number of hydrogen-bond acceptors (Lipinski definition) is 4. The van der Waals surface area contributed by atoms with Crippen LogP contribution in [0.1, 0.15) is 98.3 Å². The van der Waals surface area contributed by atoms with E-state index in [4.69, 9.17) is 23.1 Å². The predicted molar refractivity (Wildman–Crippen MR) is 180 cm³/mol. The van der Waals surface area contributed by atoms with Crippen LogP contribution in [0.2, 0.25) is 5.04 Å². The SMILES string of the molecule is CCCCC[C@H]([CH][CH][CH]C(=O)CCCCCCCCO[Si](c1ccccc1)(c1ccccc1)C(C)(C)C)O[C-]=O.[C-]#[O+].[C-]#[O+].[C-]#[O+].[Fe+2]. The molecule has 0 saturated carbocycles. The number of benzene rings is 2. The first-order chi connectivity index (χ1) is 22.3. The number of unbranched alkanes of at least 4 members (excludes halogenated alkanes) is 7. The summed E-state index contributed by atoms with van der Waals surface area (Å²) in [5.41, 5.74) is 0. The van der Waals surface area contributed by atoms with E-state index in [2.05, 4.69) is 108 Å². The van der Waals surface area contributed by atoms with Crippen molar-refractivity contribution in [3.63, 3.8) is 0 Å². The molecule has 0 saturated heterocycles. The average molecular weight is 703 g/mol. The van der Waals surface area contributed by atoms with Gasteiger partial charge in [0.25, 0.3) is 8.32 Å². The van der Waals surface area contributed by atoms with Crippen molar-refractivity contribution >= 4 is 30.9 Å². The molecule has 0 aliphatic carbocycles. The van der Waals surface area contributed by atoms with Gasteiger partial charge in [0.1, 0.15) is 5.78 Å². The molecule has 9 heteroatoms. The number of carbonyl (C=O) groups is 1. The Morgan fingerprint density at radius 3 is 1.77 bits per heavy atom. The van der Waals surface area contributed by atoms with E-state index in [9.17, 15) is 9.59 Å². The minimum Gasteiger partial charge on any atom is 2.00 e. The second-order valence-corrected chi connectivity index (χ2v) is 15.9. The van der Waals surface area contributed by atoms with E-state index in [-0.39, 0.29) is 34.0 Å². The minimum atomic E-state index is -2.45.